The number of rotatable bonds is 44. The Morgan fingerprint density at radius 2 is 0.552 bits per heavy atom. The van der Waals surface area contributed by atoms with Crippen LogP contribution in [0.2, 0.25) is 0 Å². The molecule has 1 atom stereocenters. The smallest absolute Gasteiger partial charge is 0.306 e. The zero-order valence-corrected chi connectivity index (χ0v) is 42.3. The van der Waals surface area contributed by atoms with Crippen LogP contribution in [0.5, 0.6) is 0 Å². The van der Waals surface area contributed by atoms with Gasteiger partial charge >= 0.3 is 17.9 Å². The van der Waals surface area contributed by atoms with Gasteiger partial charge in [0.05, 0.1) is 0 Å². The molecular formula is C61H92O6. The van der Waals surface area contributed by atoms with Gasteiger partial charge in [-0.05, 0) is 135 Å². The molecule has 0 fully saturated rings. The van der Waals surface area contributed by atoms with E-state index in [2.05, 4.69) is 179 Å². The summed E-state index contributed by atoms with van der Waals surface area (Å²) >= 11 is 0. The van der Waals surface area contributed by atoms with Gasteiger partial charge in [-0.25, -0.2) is 0 Å². The van der Waals surface area contributed by atoms with Crippen LogP contribution in [0.15, 0.2) is 158 Å². The number of hydrogen-bond donors (Lipinski definition) is 0. The molecule has 0 amide bonds. The molecule has 0 bridgehead atoms. The second-order valence-corrected chi connectivity index (χ2v) is 16.3. The number of esters is 3. The Morgan fingerprint density at radius 3 is 0.866 bits per heavy atom. The molecule has 0 aliphatic rings. The van der Waals surface area contributed by atoms with Gasteiger partial charge in [-0.1, -0.05) is 192 Å². The number of carbonyl (C=O) groups excluding carboxylic acids is 3. The third-order valence-corrected chi connectivity index (χ3v) is 10.0. The van der Waals surface area contributed by atoms with Crippen LogP contribution in [-0.4, -0.2) is 37.2 Å². The lowest BCUT2D eigenvalue weighted by Gasteiger charge is -2.18. The SMILES string of the molecule is CC/C=C\C/C=C\C/C=C\C/C=C\C/C=C\C/C=C\C/C=C\CCCC(=O)OCC(COC(=O)CCCCC/C=C\C/C=C\C/C=C\CC)OC(=O)CCCCC/C=C\C/C=C\C/C=C\CC. The van der Waals surface area contributed by atoms with Crippen molar-refractivity contribution in [3.05, 3.63) is 158 Å². The maximum absolute atomic E-state index is 12.8. The minimum absolute atomic E-state index is 0.131. The molecule has 1 unspecified atom stereocenters. The van der Waals surface area contributed by atoms with Gasteiger partial charge in [0, 0.05) is 19.3 Å². The number of carbonyl (C=O) groups is 3. The lowest BCUT2D eigenvalue weighted by molar-refractivity contribution is -0.167. The second-order valence-electron chi connectivity index (χ2n) is 16.3. The molecule has 0 aromatic rings. The minimum atomic E-state index is -0.836. The first-order valence-electron chi connectivity index (χ1n) is 26.0. The van der Waals surface area contributed by atoms with Crippen molar-refractivity contribution >= 4 is 17.9 Å². The van der Waals surface area contributed by atoms with E-state index in [0.29, 0.717) is 19.3 Å². The summed E-state index contributed by atoms with van der Waals surface area (Å²) in [7, 11) is 0. The van der Waals surface area contributed by atoms with E-state index in [9.17, 15) is 14.4 Å². The molecule has 0 heterocycles. The molecule has 0 spiro atoms. The highest BCUT2D eigenvalue weighted by Crippen LogP contribution is 2.10. The Labute approximate surface area is 409 Å². The molecule has 0 N–H and O–H groups in total. The van der Waals surface area contributed by atoms with Gasteiger partial charge in [0.1, 0.15) is 13.2 Å². The summed E-state index contributed by atoms with van der Waals surface area (Å²) < 4.78 is 16.7. The average Bonchev–Trinajstić information content (AvgIpc) is 3.33. The van der Waals surface area contributed by atoms with E-state index >= 15 is 0 Å². The van der Waals surface area contributed by atoms with E-state index in [1.54, 1.807) is 0 Å². The predicted molar refractivity (Wildman–Crippen MR) is 288 cm³/mol. The molecule has 0 aromatic carbocycles. The number of ether oxygens (including phenoxy) is 3. The normalized spacial score (nSPS) is 13.4. The number of allylic oxidation sites excluding steroid dienone is 26. The van der Waals surface area contributed by atoms with Crippen molar-refractivity contribution in [2.45, 2.75) is 194 Å². The third kappa shape index (κ3) is 51.9. The molecule has 372 valence electrons. The van der Waals surface area contributed by atoms with E-state index in [-0.39, 0.29) is 44.0 Å². The molecule has 0 radical (unpaired) electrons. The summed E-state index contributed by atoms with van der Waals surface area (Å²) in [5, 5.41) is 0. The topological polar surface area (TPSA) is 78.9 Å². The standard InChI is InChI=1S/C61H92O6/c1-4-7-10-13-16-19-22-25-26-27-28-29-30-31-32-33-34-37-39-42-45-48-51-54-60(63)66-57-58(67-61(64)55-52-49-46-43-40-36-24-21-18-15-12-9-6-3)56-65-59(62)53-50-47-44-41-38-35-23-20-17-14-11-8-5-2/h7-12,16-21,25-26,28-29,31-32,34-38,40,42,45,58H,4-6,13-15,22-24,27,30,33,39,41,43-44,46-57H2,1-3H3/b10-7-,11-8-,12-9-,19-16-,20-17-,21-18-,26-25-,29-28-,32-31-,37-34-,38-35-,40-36-,45-42-. The fourth-order valence-electron chi connectivity index (χ4n) is 6.22. The van der Waals surface area contributed by atoms with Gasteiger partial charge in [0.15, 0.2) is 6.10 Å². The Bertz CT molecular complexity index is 1570. The first kappa shape index (κ1) is 62.0. The van der Waals surface area contributed by atoms with E-state index in [1.165, 1.54) is 0 Å². The van der Waals surface area contributed by atoms with Crippen molar-refractivity contribution in [3.63, 3.8) is 0 Å². The van der Waals surface area contributed by atoms with Gasteiger partial charge in [0.25, 0.3) is 0 Å². The highest BCUT2D eigenvalue weighted by atomic mass is 16.6. The Balaban J connectivity index is 4.55. The monoisotopic (exact) mass is 921 g/mol. The van der Waals surface area contributed by atoms with Crippen LogP contribution >= 0.6 is 0 Å². The zero-order chi connectivity index (χ0) is 48.6. The van der Waals surface area contributed by atoms with Gasteiger partial charge in [0.2, 0.25) is 0 Å². The average molecular weight is 921 g/mol. The van der Waals surface area contributed by atoms with E-state index in [0.717, 1.165) is 135 Å². The first-order valence-corrected chi connectivity index (χ1v) is 26.0. The number of unbranched alkanes of at least 4 members (excludes halogenated alkanes) is 7. The summed E-state index contributed by atoms with van der Waals surface area (Å²) in [6, 6.07) is 0. The van der Waals surface area contributed by atoms with Crippen molar-refractivity contribution in [2.24, 2.45) is 0 Å². The van der Waals surface area contributed by atoms with Crippen molar-refractivity contribution in [1.29, 1.82) is 0 Å². The maximum Gasteiger partial charge on any atom is 0.306 e. The molecule has 0 aromatic heterocycles. The highest BCUT2D eigenvalue weighted by Gasteiger charge is 2.19. The van der Waals surface area contributed by atoms with Gasteiger partial charge in [-0.15, -0.1) is 0 Å². The van der Waals surface area contributed by atoms with Crippen LogP contribution < -0.4 is 0 Å². The fourth-order valence-corrected chi connectivity index (χ4v) is 6.22. The number of hydrogen-bond acceptors (Lipinski definition) is 6. The van der Waals surface area contributed by atoms with Crippen LogP contribution in [0.4, 0.5) is 0 Å². The van der Waals surface area contributed by atoms with Gasteiger partial charge < -0.3 is 14.2 Å². The van der Waals surface area contributed by atoms with Crippen LogP contribution in [0.3, 0.4) is 0 Å². The van der Waals surface area contributed by atoms with Gasteiger partial charge in [-0.2, -0.15) is 0 Å². The molecule has 0 rings (SSSR count). The quantitative estimate of drug-likeness (QED) is 0.0262. The first-order chi connectivity index (χ1) is 33.0. The molecule has 6 nitrogen and oxygen atoms in total. The summed E-state index contributed by atoms with van der Waals surface area (Å²) in [6.07, 6.45) is 78.1. The fraction of sp³-hybridized carbons (Fsp3) is 0.525. The zero-order valence-electron chi connectivity index (χ0n) is 42.3. The molecule has 0 saturated carbocycles. The van der Waals surface area contributed by atoms with E-state index in [4.69, 9.17) is 14.2 Å². The van der Waals surface area contributed by atoms with Gasteiger partial charge in [-0.3, -0.25) is 14.4 Å². The van der Waals surface area contributed by atoms with Crippen molar-refractivity contribution in [2.75, 3.05) is 13.2 Å². The summed E-state index contributed by atoms with van der Waals surface area (Å²) in [4.78, 5) is 37.9. The van der Waals surface area contributed by atoms with Crippen LogP contribution in [0, 0.1) is 0 Å². The summed E-state index contributed by atoms with van der Waals surface area (Å²) in [5.41, 5.74) is 0. The van der Waals surface area contributed by atoms with Crippen molar-refractivity contribution in [1.82, 2.24) is 0 Å². The lowest BCUT2D eigenvalue weighted by Crippen LogP contribution is -2.30. The van der Waals surface area contributed by atoms with Crippen molar-refractivity contribution in [3.8, 4) is 0 Å². The molecule has 6 heteroatoms. The van der Waals surface area contributed by atoms with Crippen LogP contribution in [0.25, 0.3) is 0 Å². The lowest BCUT2D eigenvalue weighted by atomic mass is 10.1. The molecule has 0 aliphatic heterocycles. The summed E-state index contributed by atoms with van der Waals surface area (Å²) in [6.45, 7) is 6.16. The minimum Gasteiger partial charge on any atom is -0.462 e. The molecule has 67 heavy (non-hydrogen) atoms. The second kappa shape index (κ2) is 53.6. The summed E-state index contributed by atoms with van der Waals surface area (Å²) in [5.74, 6) is -1.06. The Kier molecular flexibility index (Phi) is 49.7. The van der Waals surface area contributed by atoms with Crippen molar-refractivity contribution < 1.29 is 28.6 Å². The largest absolute Gasteiger partial charge is 0.462 e. The Hall–Kier alpha value is -4.97. The van der Waals surface area contributed by atoms with Crippen LogP contribution in [-0.2, 0) is 28.6 Å². The van der Waals surface area contributed by atoms with Crippen LogP contribution in [0.1, 0.15) is 188 Å². The third-order valence-electron chi connectivity index (χ3n) is 10.0. The maximum atomic E-state index is 12.8. The molecular weight excluding hydrogens is 829 g/mol. The Morgan fingerprint density at radius 1 is 0.299 bits per heavy atom. The van der Waals surface area contributed by atoms with E-state index in [1.807, 2.05) is 0 Å². The van der Waals surface area contributed by atoms with E-state index < -0.39 is 6.10 Å². The molecule has 0 aliphatic carbocycles. The highest BCUT2D eigenvalue weighted by molar-refractivity contribution is 5.71. The molecule has 0 saturated heterocycles. The predicted octanol–water partition coefficient (Wildman–Crippen LogP) is 17.4.